The Morgan fingerprint density at radius 3 is 2.79 bits per heavy atom. The summed E-state index contributed by atoms with van der Waals surface area (Å²) in [6.45, 7) is 0. The van der Waals surface area contributed by atoms with Gasteiger partial charge in [0.2, 0.25) is 0 Å². The molecule has 0 amide bonds. The van der Waals surface area contributed by atoms with E-state index in [1.165, 1.54) is 5.56 Å². The highest BCUT2D eigenvalue weighted by Crippen LogP contribution is 2.19. The first-order chi connectivity index (χ1) is 9.15. The predicted octanol–water partition coefficient (Wildman–Crippen LogP) is 4.39. The average molecular weight is 339 g/mol. The first kappa shape index (κ1) is 14.3. The minimum absolute atomic E-state index is 0.325. The molecule has 1 aromatic heterocycles. The number of aryl methyl sites for hydroxylation is 1. The van der Waals surface area contributed by atoms with E-state index in [-0.39, 0.29) is 5.92 Å². The van der Waals surface area contributed by atoms with E-state index in [9.17, 15) is 9.90 Å². The van der Waals surface area contributed by atoms with Crippen LogP contribution in [0.3, 0.4) is 0 Å². The largest absolute Gasteiger partial charge is 0.481 e. The van der Waals surface area contributed by atoms with Crippen LogP contribution in [0.25, 0.3) is 0 Å². The van der Waals surface area contributed by atoms with E-state index in [1.54, 1.807) is 11.3 Å². The normalized spacial score (nSPS) is 12.3. The van der Waals surface area contributed by atoms with Gasteiger partial charge in [-0.2, -0.15) is 11.3 Å². The number of rotatable bonds is 6. The third-order valence-corrected chi connectivity index (χ3v) is 4.31. The highest BCUT2D eigenvalue weighted by Gasteiger charge is 2.18. The van der Waals surface area contributed by atoms with Gasteiger partial charge in [0.25, 0.3) is 0 Å². The van der Waals surface area contributed by atoms with Crippen LogP contribution in [0.15, 0.2) is 45.6 Å². The summed E-state index contributed by atoms with van der Waals surface area (Å²) in [5, 5.41) is 13.4. The number of aliphatic carboxylic acids is 1. The molecule has 2 nitrogen and oxygen atoms in total. The highest BCUT2D eigenvalue weighted by atomic mass is 79.9. The van der Waals surface area contributed by atoms with Gasteiger partial charge in [0.15, 0.2) is 0 Å². The molecule has 4 heteroatoms. The standard InChI is InChI=1S/C15H15BrO2S/c16-14-3-1-2-12(9-14)8-13(15(17)18)5-4-11-6-7-19-10-11/h1-3,6-7,9-10,13H,4-5,8H2,(H,17,18). The van der Waals surface area contributed by atoms with Crippen LogP contribution in [0.5, 0.6) is 0 Å². The molecule has 100 valence electrons. The summed E-state index contributed by atoms with van der Waals surface area (Å²) in [5.74, 6) is -1.04. The molecule has 1 heterocycles. The maximum Gasteiger partial charge on any atom is 0.306 e. The zero-order chi connectivity index (χ0) is 13.7. The van der Waals surface area contributed by atoms with Gasteiger partial charge >= 0.3 is 5.97 Å². The molecule has 0 aliphatic heterocycles. The Balaban J connectivity index is 1.98. The van der Waals surface area contributed by atoms with Crippen LogP contribution in [-0.2, 0) is 17.6 Å². The number of hydrogen-bond acceptors (Lipinski definition) is 2. The molecular formula is C15H15BrO2S. The summed E-state index contributed by atoms with van der Waals surface area (Å²) in [4.78, 5) is 11.3. The average Bonchev–Trinajstić information content (AvgIpc) is 2.87. The topological polar surface area (TPSA) is 37.3 Å². The van der Waals surface area contributed by atoms with Crippen molar-refractivity contribution in [2.24, 2.45) is 5.92 Å². The number of carboxylic acids is 1. The molecule has 19 heavy (non-hydrogen) atoms. The number of benzene rings is 1. The number of thiophene rings is 1. The van der Waals surface area contributed by atoms with E-state index >= 15 is 0 Å². The second-order valence-corrected chi connectivity index (χ2v) is 6.24. The van der Waals surface area contributed by atoms with Crippen molar-refractivity contribution in [2.75, 3.05) is 0 Å². The van der Waals surface area contributed by atoms with Gasteiger partial charge in [-0.25, -0.2) is 0 Å². The minimum Gasteiger partial charge on any atom is -0.481 e. The zero-order valence-corrected chi connectivity index (χ0v) is 12.8. The van der Waals surface area contributed by atoms with E-state index in [0.717, 1.165) is 16.5 Å². The van der Waals surface area contributed by atoms with Gasteiger partial charge in [-0.05, 0) is 59.3 Å². The Bertz CT molecular complexity index is 537. The third kappa shape index (κ3) is 4.48. The van der Waals surface area contributed by atoms with Crippen LogP contribution >= 0.6 is 27.3 Å². The first-order valence-corrected chi connectivity index (χ1v) is 7.87. The van der Waals surface area contributed by atoms with E-state index in [2.05, 4.69) is 27.4 Å². The summed E-state index contributed by atoms with van der Waals surface area (Å²) in [6, 6.07) is 9.91. The summed E-state index contributed by atoms with van der Waals surface area (Å²) in [6.07, 6.45) is 2.09. The Morgan fingerprint density at radius 2 is 2.16 bits per heavy atom. The molecule has 1 N–H and O–H groups in total. The quantitative estimate of drug-likeness (QED) is 0.848. The molecule has 1 aromatic carbocycles. The first-order valence-electron chi connectivity index (χ1n) is 6.13. The van der Waals surface area contributed by atoms with Crippen molar-refractivity contribution in [2.45, 2.75) is 19.3 Å². The van der Waals surface area contributed by atoms with E-state index in [1.807, 2.05) is 29.6 Å². The number of carbonyl (C=O) groups is 1. The Kier molecular flexibility index (Phi) is 5.16. The summed E-state index contributed by atoms with van der Waals surface area (Å²) >= 11 is 5.07. The van der Waals surface area contributed by atoms with Gasteiger partial charge in [-0.1, -0.05) is 28.1 Å². The van der Waals surface area contributed by atoms with Crippen molar-refractivity contribution in [3.8, 4) is 0 Å². The van der Waals surface area contributed by atoms with Gasteiger partial charge in [-0.3, -0.25) is 4.79 Å². The molecular weight excluding hydrogens is 324 g/mol. The smallest absolute Gasteiger partial charge is 0.306 e. The van der Waals surface area contributed by atoms with Crippen LogP contribution in [0.2, 0.25) is 0 Å². The SMILES string of the molecule is O=C(O)C(CCc1ccsc1)Cc1cccc(Br)c1. The van der Waals surface area contributed by atoms with Gasteiger partial charge < -0.3 is 5.11 Å². The van der Waals surface area contributed by atoms with Crippen molar-refractivity contribution in [3.05, 3.63) is 56.7 Å². The molecule has 0 fully saturated rings. The lowest BCUT2D eigenvalue weighted by Crippen LogP contribution is -2.17. The van der Waals surface area contributed by atoms with E-state index < -0.39 is 5.97 Å². The van der Waals surface area contributed by atoms with Gasteiger partial charge in [0.05, 0.1) is 5.92 Å². The third-order valence-electron chi connectivity index (χ3n) is 3.08. The highest BCUT2D eigenvalue weighted by molar-refractivity contribution is 9.10. The second-order valence-electron chi connectivity index (χ2n) is 4.54. The van der Waals surface area contributed by atoms with E-state index in [0.29, 0.717) is 12.8 Å². The Labute approximate surface area is 125 Å². The molecule has 0 bridgehead atoms. The summed E-state index contributed by atoms with van der Waals surface area (Å²) in [5.41, 5.74) is 2.29. The maximum atomic E-state index is 11.3. The Hall–Kier alpha value is -1.13. The van der Waals surface area contributed by atoms with Crippen LogP contribution in [0.1, 0.15) is 17.5 Å². The Morgan fingerprint density at radius 1 is 1.32 bits per heavy atom. The minimum atomic E-state index is -0.713. The second kappa shape index (κ2) is 6.87. The van der Waals surface area contributed by atoms with Crippen molar-refractivity contribution in [1.82, 2.24) is 0 Å². The molecule has 0 saturated heterocycles. The number of carboxylic acid groups (broad SMARTS) is 1. The van der Waals surface area contributed by atoms with Crippen LogP contribution in [-0.4, -0.2) is 11.1 Å². The number of hydrogen-bond donors (Lipinski definition) is 1. The molecule has 0 spiro atoms. The monoisotopic (exact) mass is 338 g/mol. The molecule has 2 aromatic rings. The lowest BCUT2D eigenvalue weighted by molar-refractivity contribution is -0.141. The van der Waals surface area contributed by atoms with Gasteiger partial charge in [0.1, 0.15) is 0 Å². The van der Waals surface area contributed by atoms with Crippen molar-refractivity contribution in [1.29, 1.82) is 0 Å². The molecule has 0 radical (unpaired) electrons. The lowest BCUT2D eigenvalue weighted by atomic mass is 9.93. The lowest BCUT2D eigenvalue weighted by Gasteiger charge is -2.12. The van der Waals surface area contributed by atoms with Gasteiger partial charge in [-0.15, -0.1) is 0 Å². The predicted molar refractivity (Wildman–Crippen MR) is 81.6 cm³/mol. The van der Waals surface area contributed by atoms with Crippen molar-refractivity contribution < 1.29 is 9.90 Å². The molecule has 0 aliphatic rings. The molecule has 1 atom stereocenters. The van der Waals surface area contributed by atoms with Crippen LogP contribution in [0.4, 0.5) is 0 Å². The van der Waals surface area contributed by atoms with Crippen molar-refractivity contribution in [3.63, 3.8) is 0 Å². The molecule has 1 unspecified atom stereocenters. The van der Waals surface area contributed by atoms with Gasteiger partial charge in [0, 0.05) is 4.47 Å². The van der Waals surface area contributed by atoms with Crippen LogP contribution < -0.4 is 0 Å². The van der Waals surface area contributed by atoms with Crippen LogP contribution in [0, 0.1) is 5.92 Å². The fraction of sp³-hybridized carbons (Fsp3) is 0.267. The fourth-order valence-corrected chi connectivity index (χ4v) is 3.19. The van der Waals surface area contributed by atoms with E-state index in [4.69, 9.17) is 0 Å². The zero-order valence-electron chi connectivity index (χ0n) is 10.4. The molecule has 2 rings (SSSR count). The molecule has 0 aliphatic carbocycles. The molecule has 0 saturated carbocycles. The number of halogens is 1. The van der Waals surface area contributed by atoms with Crippen molar-refractivity contribution >= 4 is 33.2 Å². The summed E-state index contributed by atoms with van der Waals surface area (Å²) in [7, 11) is 0. The maximum absolute atomic E-state index is 11.3. The summed E-state index contributed by atoms with van der Waals surface area (Å²) < 4.78 is 0.993. The fourth-order valence-electron chi connectivity index (χ4n) is 2.04.